The molecular formula is C17H17Cl2NO. The molecule has 1 N–H and O–H groups in total. The number of fused-ring (bicyclic) bond motifs is 1. The van der Waals surface area contributed by atoms with Gasteiger partial charge in [-0.1, -0.05) is 42.3 Å². The van der Waals surface area contributed by atoms with Gasteiger partial charge in [-0.3, -0.25) is 0 Å². The fourth-order valence-corrected chi connectivity index (χ4v) is 3.16. The van der Waals surface area contributed by atoms with Crippen molar-refractivity contribution in [3.63, 3.8) is 0 Å². The second-order valence-corrected chi connectivity index (χ2v) is 5.98. The molecule has 2 aromatic carbocycles. The van der Waals surface area contributed by atoms with Crippen LogP contribution in [0.15, 0.2) is 36.4 Å². The lowest BCUT2D eigenvalue weighted by Gasteiger charge is -2.21. The summed E-state index contributed by atoms with van der Waals surface area (Å²) in [6.07, 6.45) is 1.92. The quantitative estimate of drug-likeness (QED) is 0.803. The van der Waals surface area contributed by atoms with Gasteiger partial charge in [-0.05, 0) is 41.8 Å². The molecule has 1 unspecified atom stereocenters. The highest BCUT2D eigenvalue weighted by molar-refractivity contribution is 6.39. The molecule has 0 bridgehead atoms. The number of para-hydroxylation sites is 1. The molecule has 1 atom stereocenters. The van der Waals surface area contributed by atoms with E-state index in [9.17, 15) is 0 Å². The van der Waals surface area contributed by atoms with Crippen molar-refractivity contribution in [2.24, 2.45) is 0 Å². The molecule has 110 valence electrons. The lowest BCUT2D eigenvalue weighted by Crippen LogP contribution is -2.10. The number of benzene rings is 2. The average Bonchev–Trinajstić information content (AvgIpc) is 2.94. The van der Waals surface area contributed by atoms with E-state index in [2.05, 4.69) is 30.4 Å². The van der Waals surface area contributed by atoms with Gasteiger partial charge in [0.15, 0.2) is 0 Å². The molecule has 3 rings (SSSR count). The van der Waals surface area contributed by atoms with E-state index in [4.69, 9.17) is 27.9 Å². The van der Waals surface area contributed by atoms with Gasteiger partial charge in [0, 0.05) is 6.42 Å². The van der Waals surface area contributed by atoms with Crippen LogP contribution in [0.25, 0.3) is 0 Å². The molecule has 0 saturated heterocycles. The molecule has 21 heavy (non-hydrogen) atoms. The zero-order valence-corrected chi connectivity index (χ0v) is 13.3. The Bertz CT molecular complexity index is 637. The summed E-state index contributed by atoms with van der Waals surface area (Å²) in [7, 11) is 0. The summed E-state index contributed by atoms with van der Waals surface area (Å²) >= 11 is 12.5. The third kappa shape index (κ3) is 2.97. The molecular weight excluding hydrogens is 305 g/mol. The van der Waals surface area contributed by atoms with E-state index in [-0.39, 0.29) is 6.04 Å². The van der Waals surface area contributed by atoms with E-state index >= 15 is 0 Å². The summed E-state index contributed by atoms with van der Waals surface area (Å²) in [6, 6.07) is 12.1. The van der Waals surface area contributed by atoms with Gasteiger partial charge in [-0.25, -0.2) is 0 Å². The first kappa shape index (κ1) is 14.6. The van der Waals surface area contributed by atoms with Crippen molar-refractivity contribution < 1.29 is 4.74 Å². The molecule has 0 aromatic heterocycles. The smallest absolute Gasteiger partial charge is 0.122 e. The van der Waals surface area contributed by atoms with Gasteiger partial charge in [0.25, 0.3) is 0 Å². The summed E-state index contributed by atoms with van der Waals surface area (Å²) in [5.74, 6) is 1.00. The Labute approximate surface area is 135 Å². The number of nitrogens with one attached hydrogen (secondary N) is 1. The maximum absolute atomic E-state index is 6.24. The molecule has 0 saturated carbocycles. The minimum absolute atomic E-state index is 0.174. The van der Waals surface area contributed by atoms with Crippen LogP contribution in [-0.4, -0.2) is 6.61 Å². The van der Waals surface area contributed by atoms with Crippen molar-refractivity contribution >= 4 is 28.9 Å². The molecule has 0 aliphatic carbocycles. The van der Waals surface area contributed by atoms with Crippen molar-refractivity contribution in [3.8, 4) is 5.75 Å². The molecule has 0 radical (unpaired) electrons. The third-order valence-corrected chi connectivity index (χ3v) is 4.44. The van der Waals surface area contributed by atoms with Crippen LogP contribution < -0.4 is 10.1 Å². The molecule has 0 spiro atoms. The zero-order valence-electron chi connectivity index (χ0n) is 11.8. The summed E-state index contributed by atoms with van der Waals surface area (Å²) in [6.45, 7) is 2.92. The van der Waals surface area contributed by atoms with Crippen LogP contribution >= 0.6 is 23.2 Å². The highest BCUT2D eigenvalue weighted by Gasteiger charge is 2.17. The van der Waals surface area contributed by atoms with E-state index in [0.29, 0.717) is 10.0 Å². The van der Waals surface area contributed by atoms with Crippen molar-refractivity contribution in [1.82, 2.24) is 0 Å². The number of ether oxygens (including phenoxy) is 1. The van der Waals surface area contributed by atoms with Gasteiger partial charge in [-0.2, -0.15) is 0 Å². The summed E-state index contributed by atoms with van der Waals surface area (Å²) in [5.41, 5.74) is 3.31. The SMILES string of the molecule is CCC(Nc1c(Cl)cccc1Cl)c1ccc2c(c1)CCO2. The van der Waals surface area contributed by atoms with Crippen LogP contribution in [-0.2, 0) is 6.42 Å². The van der Waals surface area contributed by atoms with E-state index in [0.717, 1.165) is 30.9 Å². The van der Waals surface area contributed by atoms with Crippen molar-refractivity contribution in [2.75, 3.05) is 11.9 Å². The van der Waals surface area contributed by atoms with Gasteiger partial charge in [0.2, 0.25) is 0 Å². The van der Waals surface area contributed by atoms with Crippen LogP contribution in [0.4, 0.5) is 5.69 Å². The Morgan fingerprint density at radius 3 is 2.67 bits per heavy atom. The van der Waals surface area contributed by atoms with Crippen LogP contribution in [0, 0.1) is 0 Å². The maximum atomic E-state index is 6.24. The fraction of sp³-hybridized carbons (Fsp3) is 0.294. The topological polar surface area (TPSA) is 21.3 Å². The molecule has 1 aliphatic heterocycles. The Kier molecular flexibility index (Phi) is 4.27. The van der Waals surface area contributed by atoms with Gasteiger partial charge >= 0.3 is 0 Å². The first-order valence-corrected chi connectivity index (χ1v) is 7.91. The molecule has 1 heterocycles. The Balaban J connectivity index is 1.89. The van der Waals surface area contributed by atoms with Crippen LogP contribution in [0.2, 0.25) is 10.0 Å². The minimum Gasteiger partial charge on any atom is -0.493 e. The van der Waals surface area contributed by atoms with Crippen LogP contribution in [0.5, 0.6) is 5.75 Å². The Hall–Kier alpha value is -1.38. The summed E-state index contributed by atoms with van der Waals surface area (Å²) in [5, 5.41) is 4.76. The lowest BCUT2D eigenvalue weighted by molar-refractivity contribution is 0.357. The predicted molar refractivity (Wildman–Crippen MR) is 88.8 cm³/mol. The number of hydrogen-bond acceptors (Lipinski definition) is 2. The normalized spacial score (nSPS) is 14.4. The fourth-order valence-electron chi connectivity index (χ4n) is 2.65. The molecule has 1 aliphatic rings. The number of anilines is 1. The standard InChI is InChI=1S/C17H17Cl2NO/c1-2-15(20-17-13(18)4-3-5-14(17)19)11-6-7-16-12(10-11)8-9-21-16/h3-7,10,15,20H,2,8-9H2,1H3. The number of rotatable bonds is 4. The molecule has 0 amide bonds. The molecule has 2 nitrogen and oxygen atoms in total. The number of hydrogen-bond donors (Lipinski definition) is 1. The first-order chi connectivity index (χ1) is 10.2. The lowest BCUT2D eigenvalue weighted by atomic mass is 10.0. The second kappa shape index (κ2) is 6.17. The monoisotopic (exact) mass is 321 g/mol. The van der Waals surface area contributed by atoms with Gasteiger partial charge < -0.3 is 10.1 Å². The van der Waals surface area contributed by atoms with Gasteiger partial charge in [0.1, 0.15) is 5.75 Å². The van der Waals surface area contributed by atoms with Crippen molar-refractivity contribution in [2.45, 2.75) is 25.8 Å². The predicted octanol–water partition coefficient (Wildman–Crippen LogP) is 5.49. The van der Waals surface area contributed by atoms with Crippen molar-refractivity contribution in [3.05, 3.63) is 57.6 Å². The highest BCUT2D eigenvalue weighted by Crippen LogP contribution is 2.35. The average molecular weight is 322 g/mol. The molecule has 0 fully saturated rings. The summed E-state index contributed by atoms with van der Waals surface area (Å²) in [4.78, 5) is 0. The maximum Gasteiger partial charge on any atom is 0.122 e. The summed E-state index contributed by atoms with van der Waals surface area (Å²) < 4.78 is 5.56. The van der Waals surface area contributed by atoms with Crippen molar-refractivity contribution in [1.29, 1.82) is 0 Å². The molecule has 2 aromatic rings. The number of halogens is 2. The van der Waals surface area contributed by atoms with Crippen LogP contribution in [0.1, 0.15) is 30.5 Å². The first-order valence-electron chi connectivity index (χ1n) is 7.15. The largest absolute Gasteiger partial charge is 0.493 e. The van der Waals surface area contributed by atoms with Gasteiger partial charge in [0.05, 0.1) is 28.4 Å². The van der Waals surface area contributed by atoms with Crippen LogP contribution in [0.3, 0.4) is 0 Å². The Morgan fingerprint density at radius 2 is 1.95 bits per heavy atom. The third-order valence-electron chi connectivity index (χ3n) is 3.81. The van der Waals surface area contributed by atoms with E-state index in [1.165, 1.54) is 11.1 Å². The minimum atomic E-state index is 0.174. The Morgan fingerprint density at radius 1 is 1.19 bits per heavy atom. The van der Waals surface area contributed by atoms with Gasteiger partial charge in [-0.15, -0.1) is 0 Å². The highest BCUT2D eigenvalue weighted by atomic mass is 35.5. The van der Waals surface area contributed by atoms with E-state index < -0.39 is 0 Å². The second-order valence-electron chi connectivity index (χ2n) is 5.17. The zero-order chi connectivity index (χ0) is 14.8. The van der Waals surface area contributed by atoms with E-state index in [1.54, 1.807) is 0 Å². The molecule has 4 heteroatoms. The van der Waals surface area contributed by atoms with E-state index in [1.807, 2.05) is 18.2 Å².